The minimum Gasteiger partial charge on any atom is -0.349 e. The van der Waals surface area contributed by atoms with Crippen LogP contribution in [0.25, 0.3) is 0 Å². The van der Waals surface area contributed by atoms with Gasteiger partial charge in [0.05, 0.1) is 23.7 Å². The summed E-state index contributed by atoms with van der Waals surface area (Å²) in [5.74, 6) is 0.600. The van der Waals surface area contributed by atoms with Gasteiger partial charge in [0.15, 0.2) is 0 Å². The molecule has 2 heterocycles. The molecule has 2 amide bonds. The van der Waals surface area contributed by atoms with Crippen LogP contribution in [0.5, 0.6) is 0 Å². The van der Waals surface area contributed by atoms with Crippen LogP contribution in [0.1, 0.15) is 84.0 Å². The standard InChI is InChI=1S/C25H32N4O2/c1-17-10-12-19(13-11-17)15-23(30)29-14-6-9-22(29)24-21(16-26-18(2)27-24)25(31)28-20-7-4-3-5-8-20/h10-13,16,20,22H,3-9,14-15H2,1-2H3,(H,28,31). The number of amides is 2. The molecule has 31 heavy (non-hydrogen) atoms. The average Bonchev–Trinajstić information content (AvgIpc) is 3.26. The Bertz CT molecular complexity index is 935. The summed E-state index contributed by atoms with van der Waals surface area (Å²) in [4.78, 5) is 37.1. The second kappa shape index (κ2) is 9.58. The maximum Gasteiger partial charge on any atom is 0.255 e. The Morgan fingerprint density at radius 2 is 1.77 bits per heavy atom. The van der Waals surface area contributed by atoms with Gasteiger partial charge < -0.3 is 10.2 Å². The zero-order chi connectivity index (χ0) is 21.8. The number of aryl methyl sites for hydroxylation is 2. The molecular formula is C25H32N4O2. The van der Waals surface area contributed by atoms with Crippen LogP contribution in [0.15, 0.2) is 30.5 Å². The normalized spacial score (nSPS) is 19.4. The molecule has 1 aromatic heterocycles. The van der Waals surface area contributed by atoms with Crippen molar-refractivity contribution >= 4 is 11.8 Å². The summed E-state index contributed by atoms with van der Waals surface area (Å²) in [6.07, 6.45) is 9.35. The first-order valence-electron chi connectivity index (χ1n) is 11.5. The number of carbonyl (C=O) groups excluding carboxylic acids is 2. The van der Waals surface area contributed by atoms with Gasteiger partial charge in [-0.1, -0.05) is 49.1 Å². The topological polar surface area (TPSA) is 75.2 Å². The van der Waals surface area contributed by atoms with Crippen LogP contribution in [-0.4, -0.2) is 39.3 Å². The van der Waals surface area contributed by atoms with E-state index in [2.05, 4.69) is 15.3 Å². The van der Waals surface area contributed by atoms with Crippen molar-refractivity contribution in [3.63, 3.8) is 0 Å². The molecule has 164 valence electrons. The maximum absolute atomic E-state index is 13.1. The molecule has 1 atom stereocenters. The smallest absolute Gasteiger partial charge is 0.255 e. The van der Waals surface area contributed by atoms with Crippen LogP contribution < -0.4 is 5.32 Å². The molecule has 2 aromatic rings. The van der Waals surface area contributed by atoms with E-state index in [1.165, 1.54) is 12.0 Å². The van der Waals surface area contributed by atoms with E-state index in [9.17, 15) is 9.59 Å². The second-order valence-corrected chi connectivity index (χ2v) is 8.93. The third-order valence-corrected chi connectivity index (χ3v) is 6.49. The molecule has 2 aliphatic rings. The van der Waals surface area contributed by atoms with Gasteiger partial charge in [-0.05, 0) is 45.1 Å². The lowest BCUT2D eigenvalue weighted by Crippen LogP contribution is -2.38. The van der Waals surface area contributed by atoms with E-state index in [1.807, 2.05) is 43.0 Å². The predicted octanol–water partition coefficient (Wildman–Crippen LogP) is 4.06. The van der Waals surface area contributed by atoms with Crippen LogP contribution in [0.3, 0.4) is 0 Å². The molecule has 6 heteroatoms. The van der Waals surface area contributed by atoms with Crippen LogP contribution in [0, 0.1) is 13.8 Å². The number of hydrogen-bond acceptors (Lipinski definition) is 4. The van der Waals surface area contributed by atoms with Crippen molar-refractivity contribution in [1.29, 1.82) is 0 Å². The monoisotopic (exact) mass is 420 g/mol. The number of hydrogen-bond donors (Lipinski definition) is 1. The molecule has 1 aliphatic heterocycles. The Balaban J connectivity index is 1.54. The van der Waals surface area contributed by atoms with Crippen molar-refractivity contribution in [3.8, 4) is 0 Å². The summed E-state index contributed by atoms with van der Waals surface area (Å²) in [5, 5.41) is 3.19. The fourth-order valence-electron chi connectivity index (χ4n) is 4.76. The van der Waals surface area contributed by atoms with Crippen molar-refractivity contribution < 1.29 is 9.59 Å². The lowest BCUT2D eigenvalue weighted by Gasteiger charge is -2.27. The number of carbonyl (C=O) groups is 2. The third-order valence-electron chi connectivity index (χ3n) is 6.49. The highest BCUT2D eigenvalue weighted by atomic mass is 16.2. The highest BCUT2D eigenvalue weighted by Gasteiger charge is 2.34. The highest BCUT2D eigenvalue weighted by Crippen LogP contribution is 2.33. The summed E-state index contributed by atoms with van der Waals surface area (Å²) in [7, 11) is 0. The Morgan fingerprint density at radius 1 is 1.03 bits per heavy atom. The van der Waals surface area contributed by atoms with E-state index in [1.54, 1.807) is 6.20 Å². The molecule has 2 fully saturated rings. The van der Waals surface area contributed by atoms with Gasteiger partial charge in [0.2, 0.25) is 5.91 Å². The molecule has 6 nitrogen and oxygen atoms in total. The first kappa shape index (κ1) is 21.5. The quantitative estimate of drug-likeness (QED) is 0.791. The van der Waals surface area contributed by atoms with E-state index in [-0.39, 0.29) is 23.9 Å². The van der Waals surface area contributed by atoms with E-state index in [0.717, 1.165) is 44.1 Å². The van der Waals surface area contributed by atoms with Crippen molar-refractivity contribution in [2.75, 3.05) is 6.54 Å². The number of nitrogens with one attached hydrogen (secondary N) is 1. The fourth-order valence-corrected chi connectivity index (χ4v) is 4.76. The number of benzene rings is 1. The molecule has 1 N–H and O–H groups in total. The van der Waals surface area contributed by atoms with Crippen LogP contribution >= 0.6 is 0 Å². The van der Waals surface area contributed by atoms with Crippen molar-refractivity contribution in [1.82, 2.24) is 20.2 Å². The maximum atomic E-state index is 13.1. The largest absolute Gasteiger partial charge is 0.349 e. The lowest BCUT2D eigenvalue weighted by atomic mass is 9.95. The molecule has 1 aromatic carbocycles. The van der Waals surface area contributed by atoms with E-state index < -0.39 is 0 Å². The van der Waals surface area contributed by atoms with Gasteiger partial charge in [-0.2, -0.15) is 0 Å². The minimum absolute atomic E-state index is 0.0845. The van der Waals surface area contributed by atoms with E-state index >= 15 is 0 Å². The molecular weight excluding hydrogens is 388 g/mol. The van der Waals surface area contributed by atoms with Crippen LogP contribution in [0.4, 0.5) is 0 Å². The third kappa shape index (κ3) is 5.12. The molecule has 0 spiro atoms. The second-order valence-electron chi connectivity index (χ2n) is 8.93. The van der Waals surface area contributed by atoms with E-state index in [4.69, 9.17) is 0 Å². The van der Waals surface area contributed by atoms with Gasteiger partial charge in [-0.15, -0.1) is 0 Å². The molecule has 1 saturated heterocycles. The molecule has 0 bridgehead atoms. The first-order chi connectivity index (χ1) is 15.0. The van der Waals surface area contributed by atoms with Gasteiger partial charge in [-0.25, -0.2) is 9.97 Å². The zero-order valence-corrected chi connectivity index (χ0v) is 18.6. The fraction of sp³-hybridized carbons (Fsp3) is 0.520. The Kier molecular flexibility index (Phi) is 6.64. The number of aromatic nitrogens is 2. The lowest BCUT2D eigenvalue weighted by molar-refractivity contribution is -0.131. The van der Waals surface area contributed by atoms with Crippen LogP contribution in [-0.2, 0) is 11.2 Å². The summed E-state index contributed by atoms with van der Waals surface area (Å²) < 4.78 is 0. The van der Waals surface area contributed by atoms with Gasteiger partial charge in [0.1, 0.15) is 5.82 Å². The minimum atomic E-state index is -0.174. The average molecular weight is 421 g/mol. The molecule has 0 radical (unpaired) electrons. The molecule has 1 saturated carbocycles. The first-order valence-corrected chi connectivity index (χ1v) is 11.5. The van der Waals surface area contributed by atoms with Crippen LogP contribution in [0.2, 0.25) is 0 Å². The van der Waals surface area contributed by atoms with E-state index in [0.29, 0.717) is 30.0 Å². The van der Waals surface area contributed by atoms with Crippen molar-refractivity contribution in [2.24, 2.45) is 0 Å². The summed E-state index contributed by atoms with van der Waals surface area (Å²) in [6.45, 7) is 4.57. The van der Waals surface area contributed by atoms with Crippen molar-refractivity contribution in [3.05, 3.63) is 58.7 Å². The zero-order valence-electron chi connectivity index (χ0n) is 18.6. The molecule has 1 aliphatic carbocycles. The Hall–Kier alpha value is -2.76. The number of nitrogens with zero attached hydrogens (tertiary/aromatic N) is 3. The molecule has 1 unspecified atom stereocenters. The molecule has 4 rings (SSSR count). The Morgan fingerprint density at radius 3 is 2.52 bits per heavy atom. The van der Waals surface area contributed by atoms with Gasteiger partial charge in [-0.3, -0.25) is 9.59 Å². The van der Waals surface area contributed by atoms with Gasteiger partial charge in [0.25, 0.3) is 5.91 Å². The Labute approximate surface area is 184 Å². The van der Waals surface area contributed by atoms with Crippen molar-refractivity contribution in [2.45, 2.75) is 77.3 Å². The number of likely N-dealkylation sites (tertiary alicyclic amines) is 1. The van der Waals surface area contributed by atoms with Gasteiger partial charge >= 0.3 is 0 Å². The number of rotatable bonds is 5. The van der Waals surface area contributed by atoms with Gasteiger partial charge in [0, 0.05) is 18.8 Å². The predicted molar refractivity (Wildman–Crippen MR) is 120 cm³/mol. The summed E-state index contributed by atoms with van der Waals surface area (Å²) in [5.41, 5.74) is 3.39. The summed E-state index contributed by atoms with van der Waals surface area (Å²) >= 11 is 0. The SMILES string of the molecule is Cc1ccc(CC(=O)N2CCCC2c2nc(C)ncc2C(=O)NC2CCCCC2)cc1. The highest BCUT2D eigenvalue weighted by molar-refractivity contribution is 5.95. The summed E-state index contributed by atoms with van der Waals surface area (Å²) in [6, 6.07) is 8.13.